The number of aromatic nitrogens is 2. The van der Waals surface area contributed by atoms with Crippen LogP contribution < -0.4 is 15.3 Å². The van der Waals surface area contributed by atoms with E-state index in [0.717, 1.165) is 5.39 Å². The van der Waals surface area contributed by atoms with E-state index < -0.39 is 0 Å². The summed E-state index contributed by atoms with van der Waals surface area (Å²) < 4.78 is 6.78. The van der Waals surface area contributed by atoms with E-state index in [4.69, 9.17) is 16.3 Å². The number of benzene rings is 2. The topological polar surface area (TPSA) is 47.4 Å². The van der Waals surface area contributed by atoms with E-state index in [9.17, 15) is 4.79 Å². The van der Waals surface area contributed by atoms with Crippen LogP contribution in [0.1, 0.15) is 0 Å². The van der Waals surface area contributed by atoms with Gasteiger partial charge < -0.3 is 9.64 Å². The third kappa shape index (κ3) is 2.75. The van der Waals surface area contributed by atoms with Crippen molar-refractivity contribution in [1.82, 2.24) is 9.55 Å². The fraction of sp³-hybridized carbons (Fsp3) is 0.176. The Morgan fingerprint density at radius 3 is 2.65 bits per heavy atom. The van der Waals surface area contributed by atoms with E-state index >= 15 is 0 Å². The number of fused-ring (bicyclic) bond motifs is 1. The fourth-order valence-electron chi connectivity index (χ4n) is 2.52. The molecular weight excluding hydrogens is 314 g/mol. The summed E-state index contributed by atoms with van der Waals surface area (Å²) in [6.07, 6.45) is 0. The number of halogens is 1. The second kappa shape index (κ2) is 5.93. The Bertz CT molecular complexity index is 935. The molecule has 0 saturated carbocycles. The van der Waals surface area contributed by atoms with Crippen LogP contribution >= 0.6 is 11.6 Å². The molecule has 0 bridgehead atoms. The molecule has 6 heteroatoms. The van der Waals surface area contributed by atoms with Gasteiger partial charge in [0.2, 0.25) is 0 Å². The van der Waals surface area contributed by atoms with E-state index in [-0.39, 0.29) is 5.69 Å². The summed E-state index contributed by atoms with van der Waals surface area (Å²) in [4.78, 5) is 18.6. The summed E-state index contributed by atoms with van der Waals surface area (Å²) in [5.41, 5.74) is 1.02. The van der Waals surface area contributed by atoms with Crippen LogP contribution in [-0.4, -0.2) is 30.8 Å². The first-order valence-corrected chi connectivity index (χ1v) is 7.43. The molecule has 0 aliphatic carbocycles. The molecule has 0 unspecified atom stereocenters. The highest BCUT2D eigenvalue weighted by Gasteiger charge is 2.14. The van der Waals surface area contributed by atoms with Gasteiger partial charge in [0.05, 0.1) is 18.3 Å². The standard InChI is InChI=1S/C17H16ClN3O2/c1-20(2)16-14-8-7-11(18)9-15(14)21(17(22)19-16)12-5-4-6-13(10-12)23-3/h4-10H,1-3H3. The average molecular weight is 330 g/mol. The zero-order chi connectivity index (χ0) is 16.6. The Morgan fingerprint density at radius 2 is 1.96 bits per heavy atom. The lowest BCUT2D eigenvalue weighted by atomic mass is 10.2. The molecule has 0 N–H and O–H groups in total. The second-order valence-electron chi connectivity index (χ2n) is 5.31. The molecule has 2 aromatic carbocycles. The van der Waals surface area contributed by atoms with Gasteiger partial charge in [-0.2, -0.15) is 4.98 Å². The molecular formula is C17H16ClN3O2. The van der Waals surface area contributed by atoms with Crippen molar-refractivity contribution >= 4 is 28.3 Å². The van der Waals surface area contributed by atoms with Crippen LogP contribution in [0.25, 0.3) is 16.6 Å². The molecule has 23 heavy (non-hydrogen) atoms. The largest absolute Gasteiger partial charge is 0.497 e. The van der Waals surface area contributed by atoms with Gasteiger partial charge in [0.25, 0.3) is 0 Å². The minimum Gasteiger partial charge on any atom is -0.497 e. The normalized spacial score (nSPS) is 10.8. The number of methoxy groups -OCH3 is 1. The average Bonchev–Trinajstić information content (AvgIpc) is 2.53. The van der Waals surface area contributed by atoms with Crippen LogP contribution in [0, 0.1) is 0 Å². The Kier molecular flexibility index (Phi) is 3.96. The summed E-state index contributed by atoms with van der Waals surface area (Å²) in [7, 11) is 5.29. The van der Waals surface area contributed by atoms with Gasteiger partial charge in [0.1, 0.15) is 11.6 Å². The fourth-order valence-corrected chi connectivity index (χ4v) is 2.69. The summed E-state index contributed by atoms with van der Waals surface area (Å²) in [6, 6.07) is 12.7. The van der Waals surface area contributed by atoms with Gasteiger partial charge in [-0.05, 0) is 30.3 Å². The summed E-state index contributed by atoms with van der Waals surface area (Å²) in [6.45, 7) is 0. The Balaban J connectivity index is 2.41. The SMILES string of the molecule is COc1cccc(-n2c(=O)nc(N(C)C)c3ccc(Cl)cc32)c1. The molecule has 0 saturated heterocycles. The highest BCUT2D eigenvalue weighted by molar-refractivity contribution is 6.31. The van der Waals surface area contributed by atoms with E-state index in [0.29, 0.717) is 27.8 Å². The molecule has 0 fully saturated rings. The van der Waals surface area contributed by atoms with Crippen molar-refractivity contribution in [1.29, 1.82) is 0 Å². The van der Waals surface area contributed by atoms with Crippen molar-refractivity contribution in [3.63, 3.8) is 0 Å². The number of nitrogens with zero attached hydrogens (tertiary/aromatic N) is 3. The van der Waals surface area contributed by atoms with Gasteiger partial charge in [-0.15, -0.1) is 0 Å². The molecule has 5 nitrogen and oxygen atoms in total. The van der Waals surface area contributed by atoms with Crippen LogP contribution in [0.3, 0.4) is 0 Å². The zero-order valence-corrected chi connectivity index (χ0v) is 13.8. The minimum absolute atomic E-state index is 0.364. The molecule has 3 rings (SSSR count). The summed E-state index contributed by atoms with van der Waals surface area (Å²) in [5.74, 6) is 1.28. The van der Waals surface area contributed by atoms with Gasteiger partial charge in [0, 0.05) is 30.6 Å². The maximum Gasteiger partial charge on any atom is 0.354 e. The molecule has 1 heterocycles. The lowest BCUT2D eigenvalue weighted by Crippen LogP contribution is -2.25. The van der Waals surface area contributed by atoms with Crippen LogP contribution in [0.15, 0.2) is 47.3 Å². The Hall–Kier alpha value is -2.53. The number of hydrogen-bond acceptors (Lipinski definition) is 4. The third-order valence-electron chi connectivity index (χ3n) is 3.57. The molecule has 0 aliphatic heterocycles. The van der Waals surface area contributed by atoms with Crippen molar-refractivity contribution in [2.24, 2.45) is 0 Å². The molecule has 0 amide bonds. The maximum absolute atomic E-state index is 12.6. The van der Waals surface area contributed by atoms with Crippen molar-refractivity contribution in [3.05, 3.63) is 58.0 Å². The first kappa shape index (κ1) is 15.4. The zero-order valence-electron chi connectivity index (χ0n) is 13.1. The quantitative estimate of drug-likeness (QED) is 0.740. The Morgan fingerprint density at radius 1 is 1.17 bits per heavy atom. The number of rotatable bonds is 3. The molecule has 118 valence electrons. The highest BCUT2D eigenvalue weighted by atomic mass is 35.5. The monoisotopic (exact) mass is 329 g/mol. The van der Waals surface area contributed by atoms with Gasteiger partial charge >= 0.3 is 5.69 Å². The van der Waals surface area contributed by atoms with Crippen LogP contribution in [0.2, 0.25) is 5.02 Å². The maximum atomic E-state index is 12.6. The number of hydrogen-bond donors (Lipinski definition) is 0. The lowest BCUT2D eigenvalue weighted by Gasteiger charge is -2.17. The molecule has 1 aromatic heterocycles. The van der Waals surface area contributed by atoms with Gasteiger partial charge in [-0.3, -0.25) is 4.57 Å². The molecule has 0 aliphatic rings. The van der Waals surface area contributed by atoms with E-state index in [1.807, 2.05) is 43.3 Å². The van der Waals surface area contributed by atoms with Crippen molar-refractivity contribution in [2.45, 2.75) is 0 Å². The number of ether oxygens (including phenoxy) is 1. The lowest BCUT2D eigenvalue weighted by molar-refractivity contribution is 0.414. The van der Waals surface area contributed by atoms with Crippen molar-refractivity contribution in [3.8, 4) is 11.4 Å². The highest BCUT2D eigenvalue weighted by Crippen LogP contribution is 2.27. The van der Waals surface area contributed by atoms with Crippen molar-refractivity contribution < 1.29 is 4.74 Å². The van der Waals surface area contributed by atoms with Crippen LogP contribution in [-0.2, 0) is 0 Å². The predicted octanol–water partition coefficient (Wildman–Crippen LogP) is 3.11. The van der Waals surface area contributed by atoms with E-state index in [1.54, 1.807) is 25.3 Å². The van der Waals surface area contributed by atoms with Crippen molar-refractivity contribution in [2.75, 3.05) is 26.1 Å². The molecule has 0 spiro atoms. The van der Waals surface area contributed by atoms with Gasteiger partial charge in [-0.1, -0.05) is 17.7 Å². The Labute approximate surface area is 138 Å². The van der Waals surface area contributed by atoms with E-state index in [2.05, 4.69) is 4.98 Å². The summed E-state index contributed by atoms with van der Waals surface area (Å²) >= 11 is 6.15. The smallest absolute Gasteiger partial charge is 0.354 e. The third-order valence-corrected chi connectivity index (χ3v) is 3.80. The summed E-state index contributed by atoms with van der Waals surface area (Å²) in [5, 5.41) is 1.41. The molecule has 0 radical (unpaired) electrons. The van der Waals surface area contributed by atoms with Crippen LogP contribution in [0.5, 0.6) is 5.75 Å². The molecule has 3 aromatic rings. The first-order chi connectivity index (χ1) is 11.0. The van der Waals surface area contributed by atoms with Crippen LogP contribution in [0.4, 0.5) is 5.82 Å². The predicted molar refractivity (Wildman–Crippen MR) is 93.2 cm³/mol. The van der Waals surface area contributed by atoms with Gasteiger partial charge in [0.15, 0.2) is 0 Å². The van der Waals surface area contributed by atoms with Gasteiger partial charge in [-0.25, -0.2) is 4.79 Å². The second-order valence-corrected chi connectivity index (χ2v) is 5.75. The van der Waals surface area contributed by atoms with E-state index in [1.165, 1.54) is 4.57 Å². The minimum atomic E-state index is -0.364. The number of anilines is 1. The molecule has 0 atom stereocenters. The first-order valence-electron chi connectivity index (χ1n) is 7.05.